The number of aromatic nitrogens is 1. The zero-order valence-corrected chi connectivity index (χ0v) is 28.3. The molecule has 2 aromatic heterocycles. The second-order valence-corrected chi connectivity index (χ2v) is 13.1. The van der Waals surface area contributed by atoms with Crippen molar-refractivity contribution in [2.75, 3.05) is 24.9 Å². The molecule has 0 aliphatic rings. The van der Waals surface area contributed by atoms with Crippen LogP contribution >= 0.6 is 34.4 Å². The molecule has 1 atom stereocenters. The summed E-state index contributed by atoms with van der Waals surface area (Å²) < 4.78 is 10.8. The molecule has 3 amide bonds. The number of hydrogen-bond acceptors (Lipinski definition) is 9. The summed E-state index contributed by atoms with van der Waals surface area (Å²) >= 11 is 4.37. The molecule has 12 heteroatoms. The molecule has 3 aromatic carbocycles. The van der Waals surface area contributed by atoms with E-state index in [0.29, 0.717) is 39.9 Å². The maximum absolute atomic E-state index is 13.7. The van der Waals surface area contributed by atoms with Gasteiger partial charge >= 0.3 is 0 Å². The summed E-state index contributed by atoms with van der Waals surface area (Å²) in [7, 11) is 3.06. The van der Waals surface area contributed by atoms with E-state index in [1.165, 1.54) is 36.3 Å². The van der Waals surface area contributed by atoms with Gasteiger partial charge in [-0.05, 0) is 72.5 Å². The minimum absolute atomic E-state index is 0.000333. The third kappa shape index (κ3) is 8.88. The van der Waals surface area contributed by atoms with Crippen LogP contribution in [0.5, 0.6) is 11.5 Å². The topological polar surface area (TPSA) is 119 Å². The van der Waals surface area contributed by atoms with Crippen molar-refractivity contribution < 1.29 is 23.9 Å². The van der Waals surface area contributed by atoms with Crippen molar-refractivity contribution in [2.45, 2.75) is 23.5 Å². The van der Waals surface area contributed by atoms with Crippen LogP contribution in [0.25, 0.3) is 16.6 Å². The molecule has 5 rings (SSSR count). The van der Waals surface area contributed by atoms with Crippen LogP contribution in [0, 0.1) is 0 Å². The number of hydrogen-bond donors (Lipinski definition) is 3. The van der Waals surface area contributed by atoms with Gasteiger partial charge in [0.1, 0.15) is 17.2 Å². The number of rotatable bonds is 13. The van der Waals surface area contributed by atoms with E-state index >= 15 is 0 Å². The van der Waals surface area contributed by atoms with E-state index in [9.17, 15) is 14.4 Å². The molecule has 0 aliphatic heterocycles. The SMILES string of the molecule is CCC(Sc1cccc(NC(=O)/C(=C\c2cc(OC)ccc2OC)NC(=O)c2ccccc2)c1)C(=O)Nc1nc(-c2cccs2)cs1. The first-order valence-corrected chi connectivity index (χ1v) is 17.2. The number of thiophene rings is 1. The Hall–Kier alpha value is -4.91. The molecule has 0 aliphatic carbocycles. The zero-order chi connectivity index (χ0) is 33.2. The molecule has 0 bridgehead atoms. The van der Waals surface area contributed by atoms with E-state index in [0.717, 1.165) is 15.5 Å². The van der Waals surface area contributed by atoms with Gasteiger partial charge in [-0.2, -0.15) is 0 Å². The summed E-state index contributed by atoms with van der Waals surface area (Å²) in [5.74, 6) is -0.0923. The fraction of sp³-hybridized carbons (Fsp3) is 0.143. The van der Waals surface area contributed by atoms with E-state index in [4.69, 9.17) is 9.47 Å². The van der Waals surface area contributed by atoms with Crippen LogP contribution in [-0.2, 0) is 9.59 Å². The van der Waals surface area contributed by atoms with Gasteiger partial charge in [0.05, 0.1) is 30.0 Å². The quantitative estimate of drug-likeness (QED) is 0.0855. The van der Waals surface area contributed by atoms with E-state index in [-0.39, 0.29) is 11.6 Å². The van der Waals surface area contributed by atoms with Crippen molar-refractivity contribution in [3.05, 3.63) is 113 Å². The van der Waals surface area contributed by atoms with Gasteiger partial charge in [-0.15, -0.1) is 34.4 Å². The van der Waals surface area contributed by atoms with Gasteiger partial charge in [-0.3, -0.25) is 14.4 Å². The number of thiazole rings is 1. The smallest absolute Gasteiger partial charge is 0.272 e. The number of methoxy groups -OCH3 is 2. The molecule has 3 N–H and O–H groups in total. The Morgan fingerprint density at radius 1 is 0.915 bits per heavy atom. The number of nitrogens with one attached hydrogen (secondary N) is 3. The fourth-order valence-electron chi connectivity index (χ4n) is 4.44. The van der Waals surface area contributed by atoms with Crippen molar-refractivity contribution >= 4 is 69.1 Å². The van der Waals surface area contributed by atoms with Gasteiger partial charge < -0.3 is 25.4 Å². The summed E-state index contributed by atoms with van der Waals surface area (Å²) in [5, 5.41) is 12.6. The molecule has 5 aromatic rings. The minimum atomic E-state index is -0.545. The van der Waals surface area contributed by atoms with Crippen LogP contribution in [0.1, 0.15) is 29.3 Å². The van der Waals surface area contributed by atoms with Crippen LogP contribution in [-0.4, -0.2) is 42.2 Å². The standard InChI is InChI=1S/C35H32N4O5S3/c1-4-30(34(42)39-35-38-28(21-46-35)31-14-9-17-45-31)47-26-13-8-12-24(20-26)36-33(41)27(37-32(40)22-10-6-5-7-11-22)19-23-18-25(43-2)15-16-29(23)44-3/h5-21,30H,4H2,1-3H3,(H,36,41)(H,37,40)(H,38,39,42)/b27-19+. The number of benzene rings is 3. The van der Waals surface area contributed by atoms with Crippen molar-refractivity contribution in [1.82, 2.24) is 10.3 Å². The van der Waals surface area contributed by atoms with Crippen molar-refractivity contribution in [3.63, 3.8) is 0 Å². The molecule has 1 unspecified atom stereocenters. The molecule has 47 heavy (non-hydrogen) atoms. The molecule has 2 heterocycles. The number of carbonyl (C=O) groups excluding carboxylic acids is 3. The summed E-state index contributed by atoms with van der Waals surface area (Å²) in [4.78, 5) is 46.4. The normalized spacial score (nSPS) is 11.8. The van der Waals surface area contributed by atoms with E-state index in [2.05, 4.69) is 20.9 Å². The first-order chi connectivity index (χ1) is 22.9. The zero-order valence-electron chi connectivity index (χ0n) is 25.8. The summed E-state index contributed by atoms with van der Waals surface area (Å²) in [6, 6.07) is 25.0. The number of ether oxygens (including phenoxy) is 2. The second kappa shape index (κ2) is 16.1. The molecule has 9 nitrogen and oxygen atoms in total. The molecular formula is C35H32N4O5S3. The van der Waals surface area contributed by atoms with E-state index in [1.54, 1.807) is 85.2 Å². The van der Waals surface area contributed by atoms with Crippen molar-refractivity contribution in [2.24, 2.45) is 0 Å². The number of thioether (sulfide) groups is 1. The number of amides is 3. The highest BCUT2D eigenvalue weighted by molar-refractivity contribution is 8.00. The summed E-state index contributed by atoms with van der Waals surface area (Å²) in [5.41, 5.74) is 2.26. The van der Waals surface area contributed by atoms with Crippen molar-refractivity contribution in [1.29, 1.82) is 0 Å². The highest BCUT2D eigenvalue weighted by Gasteiger charge is 2.21. The lowest BCUT2D eigenvalue weighted by molar-refractivity contribution is -0.116. The fourth-order valence-corrected chi connectivity index (χ4v) is 6.92. The largest absolute Gasteiger partial charge is 0.497 e. The highest BCUT2D eigenvalue weighted by Crippen LogP contribution is 2.32. The Morgan fingerprint density at radius 2 is 1.74 bits per heavy atom. The van der Waals surface area contributed by atoms with Gasteiger partial charge in [-0.1, -0.05) is 37.3 Å². The van der Waals surface area contributed by atoms with E-state index in [1.807, 2.05) is 35.9 Å². The number of nitrogens with zero attached hydrogens (tertiary/aromatic N) is 1. The van der Waals surface area contributed by atoms with Crippen LogP contribution in [0.3, 0.4) is 0 Å². The van der Waals surface area contributed by atoms with Gasteiger partial charge in [0, 0.05) is 27.1 Å². The monoisotopic (exact) mass is 684 g/mol. The first kappa shape index (κ1) is 33.5. The van der Waals surface area contributed by atoms with Crippen LogP contribution in [0.15, 0.2) is 106 Å². The van der Waals surface area contributed by atoms with E-state index < -0.39 is 17.1 Å². The average molecular weight is 685 g/mol. The van der Waals surface area contributed by atoms with Crippen LogP contribution in [0.2, 0.25) is 0 Å². The second-order valence-electron chi connectivity index (χ2n) is 9.99. The lowest BCUT2D eigenvalue weighted by atomic mass is 10.1. The molecular weight excluding hydrogens is 653 g/mol. The van der Waals surface area contributed by atoms with Gasteiger partial charge in [0.15, 0.2) is 5.13 Å². The first-order valence-electron chi connectivity index (χ1n) is 14.5. The maximum atomic E-state index is 13.7. The van der Waals surface area contributed by atoms with Gasteiger partial charge in [0.25, 0.3) is 11.8 Å². The van der Waals surface area contributed by atoms with Gasteiger partial charge in [0.2, 0.25) is 5.91 Å². The predicted molar refractivity (Wildman–Crippen MR) is 190 cm³/mol. The Morgan fingerprint density at radius 3 is 2.47 bits per heavy atom. The molecule has 0 radical (unpaired) electrons. The number of carbonyl (C=O) groups is 3. The third-order valence-electron chi connectivity index (χ3n) is 6.81. The summed E-state index contributed by atoms with van der Waals surface area (Å²) in [6.45, 7) is 1.95. The average Bonchev–Trinajstić information content (AvgIpc) is 3.80. The van der Waals surface area contributed by atoms with Crippen molar-refractivity contribution in [3.8, 4) is 22.1 Å². The Labute approximate surface area is 285 Å². The molecule has 0 saturated heterocycles. The summed E-state index contributed by atoms with van der Waals surface area (Å²) in [6.07, 6.45) is 2.12. The van der Waals surface area contributed by atoms with Gasteiger partial charge in [-0.25, -0.2) is 4.98 Å². The Balaban J connectivity index is 1.32. The number of anilines is 2. The molecule has 0 fully saturated rings. The van der Waals surface area contributed by atoms with Crippen LogP contribution < -0.4 is 25.4 Å². The molecule has 0 spiro atoms. The third-order valence-corrected chi connectivity index (χ3v) is 9.82. The highest BCUT2D eigenvalue weighted by atomic mass is 32.2. The lowest BCUT2D eigenvalue weighted by Gasteiger charge is -2.15. The molecule has 0 saturated carbocycles. The minimum Gasteiger partial charge on any atom is -0.497 e. The van der Waals surface area contributed by atoms with Crippen LogP contribution in [0.4, 0.5) is 10.8 Å². The Kier molecular flexibility index (Phi) is 11.4. The predicted octanol–water partition coefficient (Wildman–Crippen LogP) is 7.81. The Bertz CT molecular complexity index is 1870. The lowest BCUT2D eigenvalue weighted by Crippen LogP contribution is -2.30. The molecule has 240 valence electrons. The maximum Gasteiger partial charge on any atom is 0.272 e.